The van der Waals surface area contributed by atoms with E-state index in [1.165, 1.54) is 19.3 Å². The lowest BCUT2D eigenvalue weighted by atomic mass is 9.95. The average Bonchev–Trinajstić information content (AvgIpc) is 2.53. The molecule has 144 valence electrons. The Morgan fingerprint density at radius 2 is 1.73 bits per heavy atom. The lowest BCUT2D eigenvalue weighted by Gasteiger charge is -2.25. The summed E-state index contributed by atoms with van der Waals surface area (Å²) < 4.78 is 0. The number of urea groups is 1. The van der Waals surface area contributed by atoms with Crippen molar-refractivity contribution in [2.45, 2.75) is 64.5 Å². The summed E-state index contributed by atoms with van der Waals surface area (Å²) in [6.07, 6.45) is 5.65. The second-order valence-corrected chi connectivity index (χ2v) is 8.26. The van der Waals surface area contributed by atoms with E-state index in [2.05, 4.69) is 16.0 Å². The molecule has 0 saturated heterocycles. The van der Waals surface area contributed by atoms with E-state index in [0.29, 0.717) is 11.3 Å². The number of hydrogen-bond donors (Lipinski definition) is 3. The summed E-state index contributed by atoms with van der Waals surface area (Å²) in [5, 5.41) is 8.83. The minimum atomic E-state index is -0.325. The highest BCUT2D eigenvalue weighted by atomic mass is 16.2. The number of hydrogen-bond acceptors (Lipinski definition) is 3. The fraction of sp³-hybridized carbons (Fsp3) is 0.600. The van der Waals surface area contributed by atoms with E-state index in [1.54, 1.807) is 6.07 Å². The van der Waals surface area contributed by atoms with Gasteiger partial charge in [0, 0.05) is 37.1 Å². The SMILES string of the molecule is CN(C)c1ccc(NC(=O)NC(C)(C)C)cc1C(=O)NC1CCCCC1. The molecule has 0 aliphatic heterocycles. The second kappa shape index (κ2) is 8.43. The molecule has 6 nitrogen and oxygen atoms in total. The Morgan fingerprint density at radius 1 is 1.08 bits per heavy atom. The van der Waals surface area contributed by atoms with Crippen LogP contribution >= 0.6 is 0 Å². The molecular weight excluding hydrogens is 328 g/mol. The van der Waals surface area contributed by atoms with Gasteiger partial charge in [0.1, 0.15) is 0 Å². The summed E-state index contributed by atoms with van der Waals surface area (Å²) in [7, 11) is 3.82. The predicted molar refractivity (Wildman–Crippen MR) is 107 cm³/mol. The largest absolute Gasteiger partial charge is 0.377 e. The van der Waals surface area contributed by atoms with E-state index in [-0.39, 0.29) is 23.5 Å². The van der Waals surface area contributed by atoms with Gasteiger partial charge < -0.3 is 20.9 Å². The van der Waals surface area contributed by atoms with Crippen molar-refractivity contribution in [3.8, 4) is 0 Å². The maximum absolute atomic E-state index is 12.8. The average molecular weight is 361 g/mol. The Hall–Kier alpha value is -2.24. The van der Waals surface area contributed by atoms with E-state index in [9.17, 15) is 9.59 Å². The molecule has 1 aliphatic carbocycles. The highest BCUT2D eigenvalue weighted by molar-refractivity contribution is 6.02. The maximum Gasteiger partial charge on any atom is 0.319 e. The van der Waals surface area contributed by atoms with Gasteiger partial charge in [0.15, 0.2) is 0 Å². The lowest BCUT2D eigenvalue weighted by molar-refractivity contribution is 0.0928. The third kappa shape index (κ3) is 5.93. The van der Waals surface area contributed by atoms with Gasteiger partial charge in [0.05, 0.1) is 5.56 Å². The summed E-state index contributed by atoms with van der Waals surface area (Å²) >= 11 is 0. The van der Waals surface area contributed by atoms with Crippen LogP contribution in [0, 0.1) is 0 Å². The van der Waals surface area contributed by atoms with Gasteiger partial charge in [-0.05, 0) is 51.8 Å². The first-order valence-corrected chi connectivity index (χ1v) is 9.37. The molecule has 0 radical (unpaired) electrons. The summed E-state index contributed by atoms with van der Waals surface area (Å²) in [5.41, 5.74) is 1.69. The van der Waals surface area contributed by atoms with Gasteiger partial charge in [-0.25, -0.2) is 4.79 Å². The van der Waals surface area contributed by atoms with Crippen LogP contribution in [-0.2, 0) is 0 Å². The molecule has 0 unspecified atom stereocenters. The number of anilines is 2. The molecule has 0 bridgehead atoms. The molecule has 26 heavy (non-hydrogen) atoms. The summed E-state index contributed by atoms with van der Waals surface area (Å²) in [4.78, 5) is 26.9. The van der Waals surface area contributed by atoms with Crippen molar-refractivity contribution >= 4 is 23.3 Å². The highest BCUT2D eigenvalue weighted by Crippen LogP contribution is 2.24. The molecule has 0 heterocycles. The molecule has 1 aromatic rings. The van der Waals surface area contributed by atoms with Gasteiger partial charge in [-0.3, -0.25) is 4.79 Å². The van der Waals surface area contributed by atoms with E-state index < -0.39 is 0 Å². The minimum absolute atomic E-state index is 0.0829. The lowest BCUT2D eigenvalue weighted by Crippen LogP contribution is -2.43. The van der Waals surface area contributed by atoms with Gasteiger partial charge >= 0.3 is 6.03 Å². The first-order chi connectivity index (χ1) is 12.2. The topological polar surface area (TPSA) is 73.5 Å². The molecule has 1 fully saturated rings. The molecule has 3 N–H and O–H groups in total. The zero-order valence-corrected chi connectivity index (χ0v) is 16.6. The van der Waals surface area contributed by atoms with Crippen LogP contribution in [0.15, 0.2) is 18.2 Å². The molecule has 0 atom stereocenters. The molecule has 0 aromatic heterocycles. The van der Waals surface area contributed by atoms with E-state index in [0.717, 1.165) is 18.5 Å². The molecule has 2 rings (SSSR count). The Balaban J connectivity index is 2.16. The maximum atomic E-state index is 12.8. The molecule has 1 aromatic carbocycles. The number of amides is 3. The number of nitrogens with one attached hydrogen (secondary N) is 3. The molecule has 1 aliphatic rings. The molecular formula is C20H32N4O2. The number of nitrogens with zero attached hydrogens (tertiary/aromatic N) is 1. The fourth-order valence-electron chi connectivity index (χ4n) is 3.20. The standard InChI is InChI=1S/C20H32N4O2/c1-20(2,3)23-19(26)22-15-11-12-17(24(4)5)16(13-15)18(25)21-14-9-7-6-8-10-14/h11-14H,6-10H2,1-5H3,(H,21,25)(H2,22,23,26). The Bertz CT molecular complexity index is 644. The molecule has 1 saturated carbocycles. The normalized spacial score (nSPS) is 15.3. The van der Waals surface area contributed by atoms with Gasteiger partial charge in [0.2, 0.25) is 0 Å². The number of carbonyl (C=O) groups excluding carboxylic acids is 2. The number of benzene rings is 1. The number of carbonyl (C=O) groups is 2. The van der Waals surface area contributed by atoms with E-state index >= 15 is 0 Å². The van der Waals surface area contributed by atoms with Crippen LogP contribution in [0.5, 0.6) is 0 Å². The summed E-state index contributed by atoms with van der Waals surface area (Å²) in [6, 6.07) is 5.38. The monoisotopic (exact) mass is 360 g/mol. The number of rotatable bonds is 4. The van der Waals surface area contributed by atoms with Crippen LogP contribution < -0.4 is 20.9 Å². The summed E-state index contributed by atoms with van der Waals surface area (Å²) in [6.45, 7) is 5.76. The van der Waals surface area contributed by atoms with E-state index in [4.69, 9.17) is 0 Å². The Kier molecular flexibility index (Phi) is 6.51. The quantitative estimate of drug-likeness (QED) is 0.766. The highest BCUT2D eigenvalue weighted by Gasteiger charge is 2.20. The Labute approximate surface area is 156 Å². The minimum Gasteiger partial charge on any atom is -0.377 e. The van der Waals surface area contributed by atoms with Crippen molar-refractivity contribution in [1.82, 2.24) is 10.6 Å². The zero-order valence-electron chi connectivity index (χ0n) is 16.6. The third-order valence-corrected chi connectivity index (χ3v) is 4.41. The van der Waals surface area contributed by atoms with Crippen LogP contribution in [-0.4, -0.2) is 37.6 Å². The van der Waals surface area contributed by atoms with Crippen molar-refractivity contribution in [3.63, 3.8) is 0 Å². The van der Waals surface area contributed by atoms with Crippen molar-refractivity contribution in [2.24, 2.45) is 0 Å². The van der Waals surface area contributed by atoms with Gasteiger partial charge in [-0.15, -0.1) is 0 Å². The van der Waals surface area contributed by atoms with Crippen LogP contribution in [0.3, 0.4) is 0 Å². The van der Waals surface area contributed by atoms with Gasteiger partial charge in [0.25, 0.3) is 5.91 Å². The first kappa shape index (κ1) is 20.1. The fourth-order valence-corrected chi connectivity index (χ4v) is 3.20. The van der Waals surface area contributed by atoms with Gasteiger partial charge in [-0.1, -0.05) is 19.3 Å². The van der Waals surface area contributed by atoms with Crippen molar-refractivity contribution in [2.75, 3.05) is 24.3 Å². The van der Waals surface area contributed by atoms with Crippen molar-refractivity contribution < 1.29 is 9.59 Å². The van der Waals surface area contributed by atoms with Crippen LogP contribution in [0.25, 0.3) is 0 Å². The van der Waals surface area contributed by atoms with Crippen LogP contribution in [0.1, 0.15) is 63.2 Å². The molecule has 6 heteroatoms. The molecule has 3 amide bonds. The second-order valence-electron chi connectivity index (χ2n) is 8.26. The predicted octanol–water partition coefficient (Wildman–Crippen LogP) is 3.74. The smallest absolute Gasteiger partial charge is 0.319 e. The summed E-state index contributed by atoms with van der Waals surface area (Å²) in [5.74, 6) is -0.0829. The van der Waals surface area contributed by atoms with Gasteiger partial charge in [-0.2, -0.15) is 0 Å². The Morgan fingerprint density at radius 3 is 2.31 bits per heavy atom. The van der Waals surface area contributed by atoms with E-state index in [1.807, 2.05) is 51.9 Å². The first-order valence-electron chi connectivity index (χ1n) is 9.37. The molecule has 0 spiro atoms. The van der Waals surface area contributed by atoms with Crippen molar-refractivity contribution in [3.05, 3.63) is 23.8 Å². The van der Waals surface area contributed by atoms with Crippen molar-refractivity contribution in [1.29, 1.82) is 0 Å². The van der Waals surface area contributed by atoms with Crippen LogP contribution in [0.4, 0.5) is 16.2 Å². The van der Waals surface area contributed by atoms with Crippen LogP contribution in [0.2, 0.25) is 0 Å². The third-order valence-electron chi connectivity index (χ3n) is 4.41. The zero-order chi connectivity index (χ0) is 19.3.